The average Bonchev–Trinajstić information content (AvgIpc) is 2.45. The van der Waals surface area contributed by atoms with Crippen LogP contribution in [0.2, 0.25) is 0 Å². The Balaban J connectivity index is 2.69. The highest BCUT2D eigenvalue weighted by atomic mass is 16.2. The van der Waals surface area contributed by atoms with Crippen LogP contribution in [-0.4, -0.2) is 36.9 Å². The number of nitrogens with zero attached hydrogens (tertiary/aromatic N) is 1. The van der Waals surface area contributed by atoms with Gasteiger partial charge in [-0.2, -0.15) is 0 Å². The molecule has 0 radical (unpaired) electrons. The van der Waals surface area contributed by atoms with Crippen molar-refractivity contribution < 1.29 is 9.59 Å². The number of hydrogen-bond donors (Lipinski definition) is 3. The number of hydrogen-bond acceptors (Lipinski definition) is 4. The largest absolute Gasteiger partial charge is 0.359 e. The molecule has 0 saturated heterocycles. The van der Waals surface area contributed by atoms with Gasteiger partial charge in [-0.15, -0.1) is 0 Å². The smallest absolute Gasteiger partial charge is 0.271 e. The minimum atomic E-state index is -0.356. The normalized spacial score (nSPS) is 9.16. The third-order valence-corrected chi connectivity index (χ3v) is 2.26. The molecule has 0 fully saturated rings. The van der Waals surface area contributed by atoms with E-state index in [0.29, 0.717) is 5.56 Å². The van der Waals surface area contributed by atoms with E-state index in [-0.39, 0.29) is 37.0 Å². The van der Waals surface area contributed by atoms with E-state index in [2.05, 4.69) is 27.5 Å². The maximum atomic E-state index is 11.9. The van der Waals surface area contributed by atoms with Crippen molar-refractivity contribution in [1.82, 2.24) is 15.6 Å². The molecule has 0 aliphatic carbocycles. The topological polar surface area (TPSA) is 97.1 Å². The molecule has 0 aromatic carbocycles. The zero-order valence-electron chi connectivity index (χ0n) is 10.7. The number of amides is 2. The lowest BCUT2D eigenvalue weighted by Crippen LogP contribution is -2.30. The van der Waals surface area contributed by atoms with E-state index >= 15 is 0 Å². The summed E-state index contributed by atoms with van der Waals surface area (Å²) in [5, 5.41) is 5.10. The van der Waals surface area contributed by atoms with Crippen LogP contribution < -0.4 is 16.4 Å². The van der Waals surface area contributed by atoms with Gasteiger partial charge < -0.3 is 16.4 Å². The maximum absolute atomic E-state index is 11.9. The number of aromatic nitrogens is 1. The summed E-state index contributed by atoms with van der Waals surface area (Å²) >= 11 is 0. The van der Waals surface area contributed by atoms with Gasteiger partial charge >= 0.3 is 0 Å². The fourth-order valence-electron chi connectivity index (χ4n) is 1.33. The summed E-state index contributed by atoms with van der Waals surface area (Å²) in [6.07, 6.45) is 1.74. The van der Waals surface area contributed by atoms with Gasteiger partial charge in [0.25, 0.3) is 5.91 Å². The number of nitrogens with two attached hydrogens (primary N) is 1. The van der Waals surface area contributed by atoms with Crippen molar-refractivity contribution in [3.8, 4) is 11.8 Å². The summed E-state index contributed by atoms with van der Waals surface area (Å²) in [6.45, 7) is 0.464. The minimum Gasteiger partial charge on any atom is -0.359 e. The van der Waals surface area contributed by atoms with Crippen molar-refractivity contribution in [1.29, 1.82) is 0 Å². The lowest BCUT2D eigenvalue weighted by atomic mass is 10.2. The second kappa shape index (κ2) is 7.84. The van der Waals surface area contributed by atoms with Gasteiger partial charge in [0.05, 0.1) is 12.1 Å². The number of rotatable bonds is 4. The molecule has 1 aromatic heterocycles. The molecular weight excluding hydrogens is 244 g/mol. The predicted octanol–water partition coefficient (Wildman–Crippen LogP) is -0.742. The Labute approximate surface area is 111 Å². The van der Waals surface area contributed by atoms with E-state index in [0.717, 1.165) is 0 Å². The van der Waals surface area contributed by atoms with Gasteiger partial charge in [0, 0.05) is 26.2 Å². The van der Waals surface area contributed by atoms with Crippen LogP contribution in [0.1, 0.15) is 22.5 Å². The number of carbonyl (C=O) groups excluding carboxylic acids is 2. The van der Waals surface area contributed by atoms with E-state index in [1.807, 2.05) is 0 Å². The third kappa shape index (κ3) is 4.77. The van der Waals surface area contributed by atoms with Gasteiger partial charge in [-0.05, 0) is 12.1 Å². The van der Waals surface area contributed by atoms with Gasteiger partial charge in [-0.25, -0.2) is 4.98 Å². The second-order valence-electron chi connectivity index (χ2n) is 3.58. The second-order valence-corrected chi connectivity index (χ2v) is 3.58. The zero-order chi connectivity index (χ0) is 14.1. The first-order valence-corrected chi connectivity index (χ1v) is 5.81. The average molecular weight is 260 g/mol. The van der Waals surface area contributed by atoms with Crippen LogP contribution in [0.3, 0.4) is 0 Å². The summed E-state index contributed by atoms with van der Waals surface area (Å²) in [5.74, 6) is 4.97. The van der Waals surface area contributed by atoms with Crippen LogP contribution in [0.4, 0.5) is 0 Å². The van der Waals surface area contributed by atoms with Gasteiger partial charge in [0.1, 0.15) is 5.69 Å². The van der Waals surface area contributed by atoms with Crippen LogP contribution in [0.15, 0.2) is 18.3 Å². The Morgan fingerprint density at radius 3 is 2.95 bits per heavy atom. The van der Waals surface area contributed by atoms with Crippen molar-refractivity contribution >= 4 is 11.8 Å². The van der Waals surface area contributed by atoms with Crippen molar-refractivity contribution in [2.75, 3.05) is 20.1 Å². The molecule has 2 amide bonds. The molecule has 0 spiro atoms. The highest BCUT2D eigenvalue weighted by Gasteiger charge is 2.11. The molecule has 6 heteroatoms. The monoisotopic (exact) mass is 260 g/mol. The van der Waals surface area contributed by atoms with Crippen molar-refractivity contribution in [2.24, 2.45) is 5.73 Å². The summed E-state index contributed by atoms with van der Waals surface area (Å²) in [4.78, 5) is 26.9. The van der Waals surface area contributed by atoms with Crippen LogP contribution in [0, 0.1) is 11.8 Å². The first-order chi connectivity index (χ1) is 9.19. The highest BCUT2D eigenvalue weighted by Crippen LogP contribution is 2.03. The van der Waals surface area contributed by atoms with E-state index in [1.54, 1.807) is 19.2 Å². The molecule has 0 aliphatic rings. The Bertz CT molecular complexity index is 517. The molecule has 0 atom stereocenters. The van der Waals surface area contributed by atoms with Crippen LogP contribution in [-0.2, 0) is 4.79 Å². The van der Waals surface area contributed by atoms with Crippen molar-refractivity contribution in [2.45, 2.75) is 6.42 Å². The van der Waals surface area contributed by atoms with Gasteiger partial charge in [0.2, 0.25) is 5.91 Å². The summed E-state index contributed by atoms with van der Waals surface area (Å²) < 4.78 is 0. The highest BCUT2D eigenvalue weighted by molar-refractivity contribution is 5.94. The minimum absolute atomic E-state index is 0.135. The summed E-state index contributed by atoms with van der Waals surface area (Å²) in [5.41, 5.74) is 6.05. The van der Waals surface area contributed by atoms with Crippen LogP contribution in [0.5, 0.6) is 0 Å². The Morgan fingerprint density at radius 2 is 2.26 bits per heavy atom. The quantitative estimate of drug-likeness (QED) is 0.621. The molecule has 0 saturated carbocycles. The Morgan fingerprint density at radius 1 is 1.47 bits per heavy atom. The van der Waals surface area contributed by atoms with Gasteiger partial charge in [0.15, 0.2) is 0 Å². The lowest BCUT2D eigenvalue weighted by molar-refractivity contribution is -0.120. The fraction of sp³-hybridized carbons (Fsp3) is 0.308. The van der Waals surface area contributed by atoms with E-state index < -0.39 is 0 Å². The molecule has 1 heterocycles. The van der Waals surface area contributed by atoms with Crippen LogP contribution in [0.25, 0.3) is 0 Å². The molecule has 0 unspecified atom stereocenters. The van der Waals surface area contributed by atoms with Crippen LogP contribution >= 0.6 is 0 Å². The van der Waals surface area contributed by atoms with E-state index in [1.165, 1.54) is 6.20 Å². The van der Waals surface area contributed by atoms with E-state index in [9.17, 15) is 9.59 Å². The van der Waals surface area contributed by atoms with Crippen molar-refractivity contribution in [3.05, 3.63) is 29.6 Å². The lowest BCUT2D eigenvalue weighted by Gasteiger charge is -2.05. The zero-order valence-corrected chi connectivity index (χ0v) is 10.7. The van der Waals surface area contributed by atoms with Crippen molar-refractivity contribution in [3.63, 3.8) is 0 Å². The third-order valence-electron chi connectivity index (χ3n) is 2.26. The first kappa shape index (κ1) is 14.7. The Kier molecular flexibility index (Phi) is 6.06. The number of nitrogens with one attached hydrogen (secondary N) is 2. The SMILES string of the molecule is CNC(=O)CCNC(=O)c1ncccc1C#CCN. The molecule has 1 aromatic rings. The number of carbonyl (C=O) groups is 2. The molecule has 1 rings (SSSR count). The molecular formula is C13H16N4O2. The molecule has 0 aliphatic heterocycles. The fourth-order valence-corrected chi connectivity index (χ4v) is 1.33. The molecule has 100 valence electrons. The predicted molar refractivity (Wildman–Crippen MR) is 71.2 cm³/mol. The molecule has 0 bridgehead atoms. The summed E-state index contributed by atoms with van der Waals surface area (Å²) in [7, 11) is 1.55. The first-order valence-electron chi connectivity index (χ1n) is 5.81. The molecule has 19 heavy (non-hydrogen) atoms. The Hall–Kier alpha value is -2.39. The standard InChI is InChI=1S/C13H16N4O2/c1-15-11(18)6-9-17-13(19)12-10(4-2-7-14)5-3-8-16-12/h3,5,8H,6-7,9,14H2,1H3,(H,15,18)(H,17,19). The van der Waals surface area contributed by atoms with Gasteiger partial charge in [-0.3, -0.25) is 9.59 Å². The van der Waals surface area contributed by atoms with Gasteiger partial charge in [-0.1, -0.05) is 11.8 Å². The number of pyridine rings is 1. The summed E-state index contributed by atoms with van der Waals surface area (Å²) in [6, 6.07) is 3.39. The van der Waals surface area contributed by atoms with E-state index in [4.69, 9.17) is 5.73 Å². The molecule has 4 N–H and O–H groups in total. The molecule has 6 nitrogen and oxygen atoms in total. The maximum Gasteiger partial charge on any atom is 0.271 e.